The van der Waals surface area contributed by atoms with Gasteiger partial charge in [-0.1, -0.05) is 0 Å². The molecule has 0 fully saturated rings. The van der Waals surface area contributed by atoms with Crippen molar-refractivity contribution in [2.24, 2.45) is 0 Å². The summed E-state index contributed by atoms with van der Waals surface area (Å²) < 4.78 is 142. The molecule has 0 radical (unpaired) electrons. The summed E-state index contributed by atoms with van der Waals surface area (Å²) in [5.74, 6) is -5.88. The third kappa shape index (κ3) is 6.14. The average Bonchev–Trinajstić information content (AvgIpc) is 2.32. The number of hydrogen-bond acceptors (Lipinski definition) is 3. The summed E-state index contributed by atoms with van der Waals surface area (Å²) in [5, 5.41) is 0. The van der Waals surface area contributed by atoms with Crippen molar-refractivity contribution in [3.05, 3.63) is 0 Å². The fraction of sp³-hybridized carbons (Fsp3) is 1.00. The molecule has 0 amide bonds. The Morgan fingerprint density at radius 1 is 0.810 bits per heavy atom. The Hall–Kier alpha value is 0.916. The summed E-state index contributed by atoms with van der Waals surface area (Å²) >= 11 is 0. The molecule has 0 bridgehead atoms. The van der Waals surface area contributed by atoms with Gasteiger partial charge in [-0.15, -0.1) is 0 Å². The Morgan fingerprint density at radius 2 is 1.19 bits per heavy atom. The standard InChI is InChI=1S/C7H7F9O3S.K/c8-1(3(10)5(12)13)2(9)4(11)7(15,16)6(14)20(17,18)19;/h1-6H,(H,17,18,19);/q;+1/p-1. The van der Waals surface area contributed by atoms with Gasteiger partial charge < -0.3 is 4.55 Å². The van der Waals surface area contributed by atoms with Gasteiger partial charge in [-0.25, -0.2) is 39.2 Å². The second-order valence-corrected chi connectivity index (χ2v) is 4.95. The van der Waals surface area contributed by atoms with E-state index in [4.69, 9.17) is 0 Å². The van der Waals surface area contributed by atoms with E-state index in [2.05, 4.69) is 0 Å². The predicted octanol–water partition coefficient (Wildman–Crippen LogP) is -0.916. The maximum atomic E-state index is 12.8. The van der Waals surface area contributed by atoms with Gasteiger partial charge in [0, 0.05) is 0 Å². The second-order valence-electron chi connectivity index (χ2n) is 3.55. The minimum Gasteiger partial charge on any atom is -0.746 e. The van der Waals surface area contributed by atoms with E-state index >= 15 is 0 Å². The molecule has 0 heterocycles. The molecule has 0 aromatic rings. The zero-order valence-corrected chi connectivity index (χ0v) is 13.9. The van der Waals surface area contributed by atoms with Crippen molar-refractivity contribution in [3.8, 4) is 0 Å². The molecule has 0 N–H and O–H groups in total. The first kappa shape index (κ1) is 24.2. The summed E-state index contributed by atoms with van der Waals surface area (Å²) in [4.78, 5) is 0. The van der Waals surface area contributed by atoms with Gasteiger partial charge in [0.2, 0.25) is 6.17 Å². The van der Waals surface area contributed by atoms with E-state index in [1.54, 1.807) is 0 Å². The molecule has 0 aromatic carbocycles. The number of alkyl halides is 9. The van der Waals surface area contributed by atoms with Crippen LogP contribution in [-0.4, -0.2) is 55.5 Å². The van der Waals surface area contributed by atoms with E-state index in [0.29, 0.717) is 0 Å². The average molecular weight is 380 g/mol. The van der Waals surface area contributed by atoms with Gasteiger partial charge in [0.25, 0.3) is 11.9 Å². The molecule has 5 unspecified atom stereocenters. The molecule has 0 saturated heterocycles. The quantitative estimate of drug-likeness (QED) is 0.326. The van der Waals surface area contributed by atoms with Gasteiger partial charge in [0.05, 0.1) is 0 Å². The Balaban J connectivity index is 0. The Bertz CT molecular complexity index is 420. The van der Waals surface area contributed by atoms with E-state index in [1.807, 2.05) is 0 Å². The van der Waals surface area contributed by atoms with Crippen LogP contribution in [0.2, 0.25) is 0 Å². The van der Waals surface area contributed by atoms with Crippen LogP contribution < -0.4 is 51.4 Å². The van der Waals surface area contributed by atoms with Crippen LogP contribution in [0.4, 0.5) is 39.5 Å². The molecule has 122 valence electrons. The van der Waals surface area contributed by atoms with Crippen molar-refractivity contribution in [2.45, 2.75) is 42.5 Å². The summed E-state index contributed by atoms with van der Waals surface area (Å²) in [6.07, 6.45) is -21.3. The molecule has 0 aliphatic carbocycles. The van der Waals surface area contributed by atoms with Crippen molar-refractivity contribution < 1.29 is 104 Å². The van der Waals surface area contributed by atoms with Gasteiger partial charge in [-0.3, -0.25) is 0 Å². The molecule has 14 heteroatoms. The first-order valence-electron chi connectivity index (χ1n) is 4.55. The molecular weight excluding hydrogens is 374 g/mol. The zero-order valence-electron chi connectivity index (χ0n) is 10.00. The molecular formula is C7H6F9KO3S. The third-order valence-electron chi connectivity index (χ3n) is 2.05. The van der Waals surface area contributed by atoms with Gasteiger partial charge >= 0.3 is 57.3 Å². The topological polar surface area (TPSA) is 57.2 Å². The van der Waals surface area contributed by atoms with E-state index < -0.39 is 52.7 Å². The number of rotatable bonds is 7. The maximum absolute atomic E-state index is 12.8. The van der Waals surface area contributed by atoms with Crippen LogP contribution in [0.25, 0.3) is 0 Å². The fourth-order valence-corrected chi connectivity index (χ4v) is 1.52. The Labute approximate surface area is 155 Å². The predicted molar refractivity (Wildman–Crippen MR) is 45.1 cm³/mol. The first-order chi connectivity index (χ1) is 8.74. The smallest absolute Gasteiger partial charge is 0.746 e. The van der Waals surface area contributed by atoms with Crippen LogP contribution in [0.15, 0.2) is 0 Å². The molecule has 0 aliphatic rings. The van der Waals surface area contributed by atoms with Crippen molar-refractivity contribution in [1.29, 1.82) is 0 Å². The zero-order chi connectivity index (χ0) is 16.5. The molecule has 0 rings (SSSR count). The molecule has 21 heavy (non-hydrogen) atoms. The van der Waals surface area contributed by atoms with Crippen LogP contribution in [0.5, 0.6) is 0 Å². The van der Waals surface area contributed by atoms with E-state index in [1.165, 1.54) is 0 Å². The monoisotopic (exact) mass is 380 g/mol. The maximum Gasteiger partial charge on any atom is 1.00 e. The van der Waals surface area contributed by atoms with E-state index in [9.17, 15) is 52.5 Å². The van der Waals surface area contributed by atoms with E-state index in [0.717, 1.165) is 0 Å². The van der Waals surface area contributed by atoms with Crippen LogP contribution in [0.3, 0.4) is 0 Å². The van der Waals surface area contributed by atoms with Gasteiger partial charge in [-0.2, -0.15) is 8.78 Å². The summed E-state index contributed by atoms with van der Waals surface area (Å²) in [6, 6.07) is 0. The molecule has 0 aliphatic heterocycles. The summed E-state index contributed by atoms with van der Waals surface area (Å²) in [5.41, 5.74) is -4.79. The SMILES string of the molecule is O=S(=O)([O-])C(F)C(F)(F)C(F)C(F)C(F)C(F)C(F)F.[K+]. The molecule has 0 aromatic heterocycles. The number of halogens is 9. The van der Waals surface area contributed by atoms with Gasteiger partial charge in [-0.05, 0) is 0 Å². The van der Waals surface area contributed by atoms with Crippen molar-refractivity contribution in [1.82, 2.24) is 0 Å². The normalized spacial score (nSPS) is 20.3. The molecule has 0 saturated carbocycles. The van der Waals surface area contributed by atoms with Gasteiger partial charge in [0.15, 0.2) is 18.5 Å². The van der Waals surface area contributed by atoms with Crippen LogP contribution in [0.1, 0.15) is 0 Å². The van der Waals surface area contributed by atoms with Crippen molar-refractivity contribution in [3.63, 3.8) is 0 Å². The van der Waals surface area contributed by atoms with Crippen LogP contribution in [0, 0.1) is 0 Å². The minimum atomic E-state index is -6.44. The number of hydrogen-bond donors (Lipinski definition) is 0. The Kier molecular flexibility index (Phi) is 9.99. The van der Waals surface area contributed by atoms with Crippen molar-refractivity contribution in [2.75, 3.05) is 0 Å². The summed E-state index contributed by atoms with van der Waals surface area (Å²) in [7, 11) is -6.44. The van der Waals surface area contributed by atoms with Crippen molar-refractivity contribution >= 4 is 10.1 Å². The second kappa shape index (κ2) is 8.68. The Morgan fingerprint density at radius 3 is 1.48 bits per heavy atom. The van der Waals surface area contributed by atoms with Crippen LogP contribution >= 0.6 is 0 Å². The first-order valence-corrected chi connectivity index (χ1v) is 6.02. The summed E-state index contributed by atoms with van der Waals surface area (Å²) in [6.45, 7) is 0. The largest absolute Gasteiger partial charge is 1.00 e. The molecule has 5 atom stereocenters. The molecule has 0 spiro atoms. The molecule has 3 nitrogen and oxygen atoms in total. The third-order valence-corrected chi connectivity index (χ3v) is 2.87. The van der Waals surface area contributed by atoms with Gasteiger partial charge in [0.1, 0.15) is 10.1 Å². The van der Waals surface area contributed by atoms with Crippen LogP contribution in [-0.2, 0) is 10.1 Å². The van der Waals surface area contributed by atoms with E-state index in [-0.39, 0.29) is 51.4 Å². The fourth-order valence-electron chi connectivity index (χ4n) is 1.01. The minimum absolute atomic E-state index is 0.